The van der Waals surface area contributed by atoms with Gasteiger partial charge in [0.2, 0.25) is 5.78 Å². The molecule has 1 aliphatic heterocycles. The van der Waals surface area contributed by atoms with E-state index in [0.29, 0.717) is 21.2 Å². The van der Waals surface area contributed by atoms with Crippen LogP contribution in [-0.4, -0.2) is 14.2 Å². The normalized spacial score (nSPS) is 16.5. The van der Waals surface area contributed by atoms with Crippen LogP contribution in [0.15, 0.2) is 71.1 Å². The van der Waals surface area contributed by atoms with E-state index in [0.717, 1.165) is 9.87 Å². The minimum absolute atomic E-state index is 0.0844. The molecule has 1 aliphatic rings. The summed E-state index contributed by atoms with van der Waals surface area (Å²) in [4.78, 5) is 12.8. The second kappa shape index (κ2) is 8.22. The number of allylic oxidation sites excluding steroid dienone is 1. The zero-order valence-electron chi connectivity index (χ0n) is 15.5. The van der Waals surface area contributed by atoms with Gasteiger partial charge < -0.3 is 5.32 Å². The van der Waals surface area contributed by atoms with Crippen LogP contribution >= 0.6 is 22.9 Å². The molecule has 1 aromatic heterocycles. The van der Waals surface area contributed by atoms with Gasteiger partial charge >= 0.3 is 0 Å². The van der Waals surface area contributed by atoms with E-state index in [9.17, 15) is 17.6 Å². The average molecular weight is 463 g/mol. The Morgan fingerprint density at radius 1 is 1.13 bits per heavy atom. The zero-order chi connectivity index (χ0) is 21.3. The topological polar surface area (TPSA) is 66.5 Å². The molecule has 0 atom stereocenters. The van der Waals surface area contributed by atoms with Gasteiger partial charge in [-0.15, -0.1) is 11.3 Å². The summed E-state index contributed by atoms with van der Waals surface area (Å²) < 4.78 is 41.3. The maximum Gasteiger partial charge on any atom is 0.270 e. The first kappa shape index (κ1) is 20.6. The molecule has 1 N–H and O–H groups in total. The minimum Gasteiger partial charge on any atom is -0.386 e. The van der Waals surface area contributed by atoms with E-state index in [1.807, 2.05) is 6.07 Å². The fourth-order valence-corrected chi connectivity index (χ4v) is 5.86. The summed E-state index contributed by atoms with van der Waals surface area (Å²) in [5, 5.41) is 5.09. The summed E-state index contributed by atoms with van der Waals surface area (Å²) in [5.41, 5.74) is 1.55. The summed E-state index contributed by atoms with van der Waals surface area (Å²) in [6.45, 7) is 0.173. The van der Waals surface area contributed by atoms with E-state index < -0.39 is 21.6 Å². The molecule has 3 aromatic rings. The number of Topliss-reactive ketones (excluding diaryl/α,β-unsaturated/α-hetero) is 1. The van der Waals surface area contributed by atoms with Crippen LogP contribution in [-0.2, 0) is 23.1 Å². The molecular weight excluding hydrogens is 447 g/mol. The van der Waals surface area contributed by atoms with Gasteiger partial charge in [-0.05, 0) is 40.8 Å². The average Bonchev–Trinajstić information content (AvgIpc) is 3.19. The number of carbonyl (C=O) groups is 1. The molecule has 0 spiro atoms. The third kappa shape index (κ3) is 3.86. The highest BCUT2D eigenvalue weighted by Gasteiger charge is 2.41. The Morgan fingerprint density at radius 2 is 1.93 bits per heavy atom. The highest BCUT2D eigenvalue weighted by Crippen LogP contribution is 2.39. The van der Waals surface area contributed by atoms with Gasteiger partial charge in [-0.3, -0.25) is 9.10 Å². The van der Waals surface area contributed by atoms with Gasteiger partial charge in [0.25, 0.3) is 10.0 Å². The van der Waals surface area contributed by atoms with Crippen LogP contribution in [0.4, 0.5) is 10.1 Å². The molecular formula is C21H16ClFN2O3S2. The van der Waals surface area contributed by atoms with Crippen molar-refractivity contribution in [3.8, 4) is 0 Å². The quantitative estimate of drug-likeness (QED) is 0.558. The number of nitrogens with one attached hydrogen (secondary N) is 1. The van der Waals surface area contributed by atoms with Crippen molar-refractivity contribution in [3.63, 3.8) is 0 Å². The van der Waals surface area contributed by atoms with Crippen molar-refractivity contribution in [2.24, 2.45) is 0 Å². The molecule has 0 bridgehead atoms. The molecule has 0 saturated heterocycles. The number of nitrogens with zero attached hydrogens (tertiary/aromatic N) is 1. The monoisotopic (exact) mass is 462 g/mol. The number of carbonyl (C=O) groups excluding carboxylic acids is 1. The van der Waals surface area contributed by atoms with Crippen molar-refractivity contribution in [1.82, 2.24) is 5.32 Å². The first-order chi connectivity index (χ1) is 14.4. The van der Waals surface area contributed by atoms with E-state index in [2.05, 4.69) is 5.32 Å². The van der Waals surface area contributed by atoms with Gasteiger partial charge in [0, 0.05) is 17.8 Å². The lowest BCUT2D eigenvalue weighted by Crippen LogP contribution is -2.38. The first-order valence-corrected chi connectivity index (χ1v) is 11.6. The highest BCUT2D eigenvalue weighted by molar-refractivity contribution is 7.97. The van der Waals surface area contributed by atoms with E-state index in [1.54, 1.807) is 35.7 Å². The lowest BCUT2D eigenvalue weighted by atomic mass is 10.2. The number of rotatable bonds is 5. The Hall–Kier alpha value is -2.68. The van der Waals surface area contributed by atoms with Crippen LogP contribution in [0, 0.1) is 5.82 Å². The number of fused-ring (bicyclic) bond motifs is 1. The predicted molar refractivity (Wildman–Crippen MR) is 117 cm³/mol. The number of ketones is 1. The summed E-state index contributed by atoms with van der Waals surface area (Å²) >= 11 is 7.29. The molecule has 0 fully saturated rings. The van der Waals surface area contributed by atoms with Crippen LogP contribution < -0.4 is 9.62 Å². The van der Waals surface area contributed by atoms with Gasteiger partial charge in [-0.1, -0.05) is 41.9 Å². The van der Waals surface area contributed by atoms with Crippen LogP contribution in [0.3, 0.4) is 0 Å². The van der Waals surface area contributed by atoms with E-state index >= 15 is 0 Å². The van der Waals surface area contributed by atoms with Crippen LogP contribution in [0.25, 0.3) is 0 Å². The molecule has 0 aliphatic carbocycles. The van der Waals surface area contributed by atoms with E-state index in [-0.39, 0.29) is 18.0 Å². The fraction of sp³-hybridized carbons (Fsp3) is 0.0952. The number of anilines is 1. The van der Waals surface area contributed by atoms with E-state index in [1.165, 1.54) is 35.7 Å². The molecule has 0 saturated carbocycles. The van der Waals surface area contributed by atoms with Crippen LogP contribution in [0.1, 0.15) is 20.8 Å². The minimum atomic E-state index is -4.14. The van der Waals surface area contributed by atoms with Crippen LogP contribution in [0.5, 0.6) is 0 Å². The summed E-state index contributed by atoms with van der Waals surface area (Å²) in [6.07, 6.45) is 1.21. The summed E-state index contributed by atoms with van der Waals surface area (Å²) in [6, 6.07) is 14.4. The van der Waals surface area contributed by atoms with Crippen molar-refractivity contribution < 1.29 is 17.6 Å². The number of sulfonamides is 1. The third-order valence-corrected chi connectivity index (χ3v) is 7.65. The fourth-order valence-electron chi connectivity index (χ4n) is 3.15. The highest BCUT2D eigenvalue weighted by atomic mass is 35.5. The zero-order valence-corrected chi connectivity index (χ0v) is 17.9. The largest absolute Gasteiger partial charge is 0.386 e. The van der Waals surface area contributed by atoms with Crippen molar-refractivity contribution in [2.75, 3.05) is 4.31 Å². The van der Waals surface area contributed by atoms with Gasteiger partial charge in [-0.2, -0.15) is 0 Å². The maximum absolute atomic E-state index is 13.6. The summed E-state index contributed by atoms with van der Waals surface area (Å²) in [5.74, 6) is -1.03. The predicted octanol–water partition coefficient (Wildman–Crippen LogP) is 4.70. The molecule has 0 unspecified atom stereocenters. The van der Waals surface area contributed by atoms with Crippen molar-refractivity contribution in [2.45, 2.75) is 13.1 Å². The third-order valence-electron chi connectivity index (χ3n) is 4.61. The lowest BCUT2D eigenvalue weighted by molar-refractivity contribution is 0.104. The van der Waals surface area contributed by atoms with Gasteiger partial charge in [-0.25, -0.2) is 12.8 Å². The van der Waals surface area contributed by atoms with Gasteiger partial charge in [0.15, 0.2) is 4.91 Å². The Kier molecular flexibility index (Phi) is 5.64. The second-order valence-electron chi connectivity index (χ2n) is 6.59. The molecule has 0 amide bonds. The van der Waals surface area contributed by atoms with Crippen LogP contribution in [0.2, 0.25) is 5.02 Å². The maximum atomic E-state index is 13.6. The number of benzene rings is 2. The summed E-state index contributed by atoms with van der Waals surface area (Å²) in [7, 11) is -4.14. The standard InChI is InChI=1S/C21H16ClFN2O3S2/c22-17-7-2-1-5-15(17)11-24-12-19-20(26)21-18(8-9-29-21)25(30(19,27)28)13-14-4-3-6-16(23)10-14/h1-10,12,24H,11,13H2/b19-12-. The lowest BCUT2D eigenvalue weighted by Gasteiger charge is -2.29. The Morgan fingerprint density at radius 3 is 2.70 bits per heavy atom. The first-order valence-electron chi connectivity index (χ1n) is 8.94. The molecule has 2 heterocycles. The number of hydrogen-bond donors (Lipinski definition) is 1. The number of thiophene rings is 1. The molecule has 0 radical (unpaired) electrons. The SMILES string of the molecule is O=C1/C(=C/NCc2ccccc2Cl)S(=O)(=O)N(Cc2cccc(F)c2)c2ccsc21. The van der Waals surface area contributed by atoms with Crippen molar-refractivity contribution in [1.29, 1.82) is 0 Å². The van der Waals surface area contributed by atoms with Gasteiger partial charge in [0.1, 0.15) is 10.7 Å². The second-order valence-corrected chi connectivity index (χ2v) is 9.74. The Balaban J connectivity index is 1.68. The molecule has 30 heavy (non-hydrogen) atoms. The van der Waals surface area contributed by atoms with E-state index in [4.69, 9.17) is 11.6 Å². The smallest absolute Gasteiger partial charge is 0.270 e. The van der Waals surface area contributed by atoms with Crippen molar-refractivity contribution in [3.05, 3.63) is 97.9 Å². The number of hydrogen-bond acceptors (Lipinski definition) is 5. The Bertz CT molecular complexity index is 1250. The molecule has 9 heteroatoms. The molecule has 2 aromatic carbocycles. The Labute approximate surface area is 182 Å². The number of halogens is 2. The molecule has 154 valence electrons. The van der Waals surface area contributed by atoms with Crippen molar-refractivity contribution >= 4 is 44.4 Å². The molecule has 4 rings (SSSR count). The van der Waals surface area contributed by atoms with Gasteiger partial charge in [0.05, 0.1) is 12.2 Å². The molecule has 5 nitrogen and oxygen atoms in total.